The van der Waals surface area contributed by atoms with Crippen LogP contribution >= 0.6 is 0 Å². The van der Waals surface area contributed by atoms with E-state index < -0.39 is 85.3 Å². The Balaban J connectivity index is 0.000000368. The van der Waals surface area contributed by atoms with Crippen LogP contribution in [-0.2, 0) is 42.7 Å². The van der Waals surface area contributed by atoms with Gasteiger partial charge in [0.2, 0.25) is 5.91 Å². The van der Waals surface area contributed by atoms with E-state index >= 15 is 0 Å². The Labute approximate surface area is 325 Å². The third-order valence-electron chi connectivity index (χ3n) is 10.9. The van der Waals surface area contributed by atoms with Crippen LogP contribution in [0.5, 0.6) is 0 Å². The molecule has 19 nitrogen and oxygen atoms in total. The van der Waals surface area contributed by atoms with Crippen molar-refractivity contribution in [2.45, 2.75) is 158 Å². The van der Waals surface area contributed by atoms with Crippen molar-refractivity contribution < 1.29 is 83.5 Å². The van der Waals surface area contributed by atoms with Gasteiger partial charge in [-0.1, -0.05) is 13.8 Å². The summed E-state index contributed by atoms with van der Waals surface area (Å²) >= 11 is 0. The summed E-state index contributed by atoms with van der Waals surface area (Å²) in [7, 11) is 5.93. The number of hydrogen-bond donors (Lipinski definition) is 10. The van der Waals surface area contributed by atoms with Crippen molar-refractivity contribution in [2.75, 3.05) is 54.9 Å². The molecule has 20 atom stereocenters. The van der Waals surface area contributed by atoms with E-state index in [-0.39, 0.29) is 68.6 Å². The average molecular weight is 805 g/mol. The summed E-state index contributed by atoms with van der Waals surface area (Å²) < 4.78 is 42.1. The highest BCUT2D eigenvalue weighted by molar-refractivity contribution is 5.73. The smallest absolute Gasteiger partial charge is 0.217 e. The average Bonchev–Trinajstić information content (AvgIpc) is 3.16. The number of nitrogens with one attached hydrogen (secondary N) is 1. The van der Waals surface area contributed by atoms with Crippen LogP contribution < -0.4 is 11.1 Å². The first-order chi connectivity index (χ1) is 25.8. The van der Waals surface area contributed by atoms with E-state index in [1.165, 1.54) is 35.4 Å². The van der Waals surface area contributed by atoms with Crippen LogP contribution in [-0.4, -0.2) is 211 Å². The van der Waals surface area contributed by atoms with E-state index in [0.717, 1.165) is 0 Å². The van der Waals surface area contributed by atoms with Crippen molar-refractivity contribution >= 4 is 5.91 Å². The molecule has 0 aromatic heterocycles. The van der Waals surface area contributed by atoms with Gasteiger partial charge in [-0.05, 0) is 27.7 Å². The molecule has 0 saturated carbocycles. The Hall–Kier alpha value is -1.21. The van der Waals surface area contributed by atoms with Gasteiger partial charge in [0.05, 0.1) is 75.1 Å². The number of hydrogen-bond acceptors (Lipinski definition) is 18. The Bertz CT molecular complexity index is 961. The van der Waals surface area contributed by atoms with Crippen molar-refractivity contribution in [3.8, 4) is 0 Å². The van der Waals surface area contributed by atoms with E-state index in [2.05, 4.69) is 5.32 Å². The quantitative estimate of drug-likeness (QED) is 0.109. The van der Waals surface area contributed by atoms with Gasteiger partial charge >= 0.3 is 0 Å². The van der Waals surface area contributed by atoms with Crippen molar-refractivity contribution in [1.29, 1.82) is 0 Å². The standard InChI is InChI=1S/C10H19NO5.2C9H18O4.C8H17NO4/c1-5-8(11-6(2)13)9(14)10(15-3)7(4-12)16-5;2*1-5-6(2)13-7(4-10)9(12-3)8(5)11;1-4-6(9)7(11)8(12-2)5(3-10)13-4/h5,7-10,12,14H,4H2,1-3H3,(H,11,13);2*5-11H,4H2,1-3H3;4-8,10-11H,3,9H2,1-2H3. The molecular weight excluding hydrogens is 732 g/mol. The zero-order valence-electron chi connectivity index (χ0n) is 34.2. The van der Waals surface area contributed by atoms with E-state index in [4.69, 9.17) is 64.1 Å². The summed E-state index contributed by atoms with van der Waals surface area (Å²) in [6, 6.07) is -0.988. The van der Waals surface area contributed by atoms with Gasteiger partial charge in [-0.15, -0.1) is 0 Å². The minimum absolute atomic E-state index is 0.0350. The predicted molar refractivity (Wildman–Crippen MR) is 197 cm³/mol. The molecule has 328 valence electrons. The third kappa shape index (κ3) is 14.0. The minimum Gasteiger partial charge on any atom is -0.394 e. The fraction of sp³-hybridized carbons (Fsp3) is 0.972. The van der Waals surface area contributed by atoms with Crippen molar-refractivity contribution in [2.24, 2.45) is 17.6 Å². The third-order valence-corrected chi connectivity index (χ3v) is 10.9. The van der Waals surface area contributed by atoms with Crippen molar-refractivity contribution in [3.63, 3.8) is 0 Å². The van der Waals surface area contributed by atoms with Gasteiger partial charge < -0.3 is 89.8 Å². The Morgan fingerprint density at radius 3 is 1.13 bits per heavy atom. The van der Waals surface area contributed by atoms with Crippen molar-refractivity contribution in [3.05, 3.63) is 0 Å². The zero-order valence-corrected chi connectivity index (χ0v) is 34.2. The lowest BCUT2D eigenvalue weighted by atomic mass is 9.89. The molecule has 4 aliphatic rings. The molecule has 20 unspecified atom stereocenters. The van der Waals surface area contributed by atoms with Crippen LogP contribution in [0.3, 0.4) is 0 Å². The van der Waals surface area contributed by atoms with Crippen LogP contribution in [0.25, 0.3) is 0 Å². The Morgan fingerprint density at radius 1 is 0.527 bits per heavy atom. The van der Waals surface area contributed by atoms with Gasteiger partial charge in [0.25, 0.3) is 0 Å². The fourth-order valence-corrected chi connectivity index (χ4v) is 7.04. The van der Waals surface area contributed by atoms with Crippen LogP contribution in [0.4, 0.5) is 0 Å². The predicted octanol–water partition coefficient (Wildman–Crippen LogP) is -3.33. The highest BCUT2D eigenvalue weighted by Crippen LogP contribution is 2.28. The molecule has 4 heterocycles. The van der Waals surface area contributed by atoms with Gasteiger partial charge in [-0.3, -0.25) is 4.79 Å². The maximum atomic E-state index is 11.0. The SMILES string of the molecule is COC1C(CO)OC(C)C(C)C1O.COC1C(CO)OC(C)C(C)C1O.COC1C(CO)OC(C)C(N)C1O.COC1C(CO)OC(C)C(NC(C)=O)C1O. The van der Waals surface area contributed by atoms with E-state index in [1.807, 2.05) is 27.7 Å². The second kappa shape index (κ2) is 25.3. The molecule has 19 heteroatoms. The lowest BCUT2D eigenvalue weighted by Gasteiger charge is -2.42. The summed E-state index contributed by atoms with van der Waals surface area (Å²) in [5.41, 5.74) is 5.67. The normalized spacial score (nSPS) is 44.4. The maximum absolute atomic E-state index is 11.0. The second-order valence-corrected chi connectivity index (χ2v) is 14.5. The summed E-state index contributed by atoms with van der Waals surface area (Å²) in [5, 5.41) is 77.9. The molecule has 0 spiro atoms. The molecule has 55 heavy (non-hydrogen) atoms. The number of carbonyl (C=O) groups is 1. The summed E-state index contributed by atoms with van der Waals surface area (Å²) in [6.07, 6.45) is -7.44. The molecule has 4 saturated heterocycles. The first-order valence-corrected chi connectivity index (χ1v) is 18.8. The number of carbonyl (C=O) groups excluding carboxylic acids is 1. The lowest BCUT2D eigenvalue weighted by Crippen LogP contribution is -2.63. The van der Waals surface area contributed by atoms with Crippen LogP contribution in [0.2, 0.25) is 0 Å². The number of aliphatic hydroxyl groups excluding tert-OH is 8. The molecule has 11 N–H and O–H groups in total. The number of rotatable bonds is 9. The van der Waals surface area contributed by atoms with Gasteiger partial charge in [0, 0.05) is 47.2 Å². The first kappa shape index (κ1) is 51.8. The Morgan fingerprint density at radius 2 is 0.818 bits per heavy atom. The first-order valence-electron chi connectivity index (χ1n) is 18.8. The van der Waals surface area contributed by atoms with Gasteiger partial charge in [0.1, 0.15) is 61.0 Å². The number of ether oxygens (including phenoxy) is 8. The topological polar surface area (TPSA) is 291 Å². The summed E-state index contributed by atoms with van der Waals surface area (Å²) in [6.45, 7) is 11.8. The highest BCUT2D eigenvalue weighted by Gasteiger charge is 2.45. The second-order valence-electron chi connectivity index (χ2n) is 14.5. The number of methoxy groups -OCH3 is 4. The van der Waals surface area contributed by atoms with Gasteiger partial charge in [0.15, 0.2) is 0 Å². The monoisotopic (exact) mass is 804 g/mol. The molecule has 0 aliphatic carbocycles. The molecular formula is C36H72N2O17. The highest BCUT2D eigenvalue weighted by atomic mass is 16.6. The van der Waals surface area contributed by atoms with E-state index in [0.29, 0.717) is 0 Å². The minimum atomic E-state index is -0.894. The Kier molecular flexibility index (Phi) is 23.8. The number of aliphatic hydroxyl groups is 8. The van der Waals surface area contributed by atoms with Crippen LogP contribution in [0, 0.1) is 11.8 Å². The molecule has 4 fully saturated rings. The fourth-order valence-electron chi connectivity index (χ4n) is 7.04. The molecule has 4 aliphatic heterocycles. The summed E-state index contributed by atoms with van der Waals surface area (Å²) in [4.78, 5) is 11.0. The van der Waals surface area contributed by atoms with Gasteiger partial charge in [-0.2, -0.15) is 0 Å². The summed E-state index contributed by atoms with van der Waals surface area (Å²) in [5.74, 6) is -0.169. The van der Waals surface area contributed by atoms with Crippen LogP contribution in [0.15, 0.2) is 0 Å². The molecule has 0 bridgehead atoms. The molecule has 4 rings (SSSR count). The number of amides is 1. The molecule has 0 aromatic carbocycles. The number of nitrogens with two attached hydrogens (primary N) is 1. The molecule has 0 aromatic rings. The largest absolute Gasteiger partial charge is 0.394 e. The molecule has 1 amide bonds. The molecule has 0 radical (unpaired) electrons. The van der Waals surface area contributed by atoms with Crippen LogP contribution in [0.1, 0.15) is 48.5 Å². The zero-order chi connectivity index (χ0) is 42.3. The maximum Gasteiger partial charge on any atom is 0.217 e. The van der Waals surface area contributed by atoms with Gasteiger partial charge in [-0.25, -0.2) is 0 Å². The van der Waals surface area contributed by atoms with Crippen molar-refractivity contribution in [1.82, 2.24) is 5.32 Å². The van der Waals surface area contributed by atoms with E-state index in [9.17, 15) is 25.2 Å². The lowest BCUT2D eigenvalue weighted by molar-refractivity contribution is -0.208. The van der Waals surface area contributed by atoms with E-state index in [1.54, 1.807) is 13.8 Å².